The molecule has 2 atom stereocenters. The maximum atomic E-state index is 13.2. The molecule has 27 heavy (non-hydrogen) atoms. The standard InChI is InChI=1S/C22H33N3O2/c1-24(22(26)19-13-16-6-4-7-17(14-19)21(16)23)15-18-5-2-3-8-20(18)25-9-11-27-12-10-25/h2-3,5,8,16-17,19,21H,4,6-7,9-15,23H2,1H3. The molecule has 5 heteroatoms. The molecule has 2 aliphatic carbocycles. The normalized spacial score (nSPS) is 30.8. The zero-order chi connectivity index (χ0) is 18.8. The number of nitrogens with two attached hydrogens (primary N) is 1. The molecule has 1 aliphatic heterocycles. The van der Waals surface area contributed by atoms with Crippen molar-refractivity contribution < 1.29 is 9.53 Å². The number of nitrogens with zero attached hydrogens (tertiary/aromatic N) is 2. The van der Waals surface area contributed by atoms with E-state index in [4.69, 9.17) is 10.5 Å². The van der Waals surface area contributed by atoms with Gasteiger partial charge in [-0.05, 0) is 49.1 Å². The quantitative estimate of drug-likeness (QED) is 0.884. The molecule has 5 nitrogen and oxygen atoms in total. The molecule has 1 aromatic rings. The number of para-hydroxylation sites is 1. The molecule has 148 valence electrons. The number of rotatable bonds is 4. The number of amides is 1. The van der Waals surface area contributed by atoms with Gasteiger partial charge in [-0.2, -0.15) is 0 Å². The molecule has 3 fully saturated rings. The van der Waals surface area contributed by atoms with E-state index in [1.54, 1.807) is 0 Å². The first kappa shape index (κ1) is 18.8. The maximum absolute atomic E-state index is 13.2. The van der Waals surface area contributed by atoms with E-state index in [1.165, 1.54) is 30.5 Å². The van der Waals surface area contributed by atoms with Gasteiger partial charge in [-0.25, -0.2) is 0 Å². The highest BCUT2D eigenvalue weighted by Gasteiger charge is 2.41. The van der Waals surface area contributed by atoms with Gasteiger partial charge < -0.3 is 20.3 Å². The molecule has 2 N–H and O–H groups in total. The number of anilines is 1. The largest absolute Gasteiger partial charge is 0.378 e. The molecular weight excluding hydrogens is 338 g/mol. The Morgan fingerprint density at radius 2 is 1.85 bits per heavy atom. The topological polar surface area (TPSA) is 58.8 Å². The number of carbonyl (C=O) groups excluding carboxylic acids is 1. The maximum Gasteiger partial charge on any atom is 0.225 e. The number of fused-ring (bicyclic) bond motifs is 2. The Bertz CT molecular complexity index is 645. The van der Waals surface area contributed by atoms with Crippen molar-refractivity contribution in [2.75, 3.05) is 38.3 Å². The van der Waals surface area contributed by atoms with Crippen LogP contribution >= 0.6 is 0 Å². The van der Waals surface area contributed by atoms with E-state index in [0.29, 0.717) is 30.3 Å². The number of ether oxygens (including phenoxy) is 1. The van der Waals surface area contributed by atoms with Gasteiger partial charge in [0, 0.05) is 44.3 Å². The van der Waals surface area contributed by atoms with E-state index in [9.17, 15) is 4.79 Å². The number of benzene rings is 1. The summed E-state index contributed by atoms with van der Waals surface area (Å²) >= 11 is 0. The van der Waals surface area contributed by atoms with E-state index in [0.717, 1.165) is 39.1 Å². The van der Waals surface area contributed by atoms with E-state index < -0.39 is 0 Å². The highest BCUT2D eigenvalue weighted by atomic mass is 16.5. The Hall–Kier alpha value is -1.59. The minimum atomic E-state index is 0.153. The number of carbonyl (C=O) groups is 1. The van der Waals surface area contributed by atoms with Crippen LogP contribution < -0.4 is 10.6 Å². The molecule has 2 bridgehead atoms. The Morgan fingerprint density at radius 3 is 2.56 bits per heavy atom. The fraction of sp³-hybridized carbons (Fsp3) is 0.682. The second-order valence-corrected chi connectivity index (χ2v) is 8.62. The first-order chi connectivity index (χ1) is 13.1. The molecule has 3 aliphatic rings. The molecule has 0 radical (unpaired) electrons. The van der Waals surface area contributed by atoms with Crippen LogP contribution in [0.1, 0.15) is 37.7 Å². The van der Waals surface area contributed by atoms with Crippen LogP contribution in [0.2, 0.25) is 0 Å². The summed E-state index contributed by atoms with van der Waals surface area (Å²) in [4.78, 5) is 17.5. The molecule has 1 amide bonds. The summed E-state index contributed by atoms with van der Waals surface area (Å²) in [6.45, 7) is 4.05. The second kappa shape index (κ2) is 8.19. The molecular formula is C22H33N3O2. The summed E-state index contributed by atoms with van der Waals surface area (Å²) in [5.41, 5.74) is 8.87. The van der Waals surface area contributed by atoms with E-state index in [-0.39, 0.29) is 5.92 Å². The Labute approximate surface area is 162 Å². The molecule has 0 spiro atoms. The minimum Gasteiger partial charge on any atom is -0.378 e. The monoisotopic (exact) mass is 371 g/mol. The summed E-state index contributed by atoms with van der Waals surface area (Å²) in [5.74, 6) is 1.54. The van der Waals surface area contributed by atoms with Crippen molar-refractivity contribution in [2.45, 2.75) is 44.7 Å². The third kappa shape index (κ3) is 3.99. The minimum absolute atomic E-state index is 0.153. The molecule has 1 saturated heterocycles. The zero-order valence-electron chi connectivity index (χ0n) is 16.5. The van der Waals surface area contributed by atoms with Crippen LogP contribution in [0.3, 0.4) is 0 Å². The number of hydrogen-bond acceptors (Lipinski definition) is 4. The van der Waals surface area contributed by atoms with Gasteiger partial charge in [-0.1, -0.05) is 24.6 Å². The van der Waals surface area contributed by atoms with Gasteiger partial charge in [-0.15, -0.1) is 0 Å². The van der Waals surface area contributed by atoms with Crippen LogP contribution in [-0.4, -0.2) is 50.2 Å². The third-order valence-electron chi connectivity index (χ3n) is 6.89. The first-order valence-corrected chi connectivity index (χ1v) is 10.5. The lowest BCUT2D eigenvalue weighted by atomic mass is 9.65. The number of morpholine rings is 1. The van der Waals surface area contributed by atoms with Crippen LogP contribution in [0.5, 0.6) is 0 Å². The molecule has 1 heterocycles. The number of hydrogen-bond donors (Lipinski definition) is 1. The van der Waals surface area contributed by atoms with Gasteiger partial charge >= 0.3 is 0 Å². The first-order valence-electron chi connectivity index (χ1n) is 10.5. The van der Waals surface area contributed by atoms with Crippen molar-refractivity contribution in [2.24, 2.45) is 23.5 Å². The lowest BCUT2D eigenvalue weighted by Crippen LogP contribution is -2.49. The molecule has 2 unspecified atom stereocenters. The van der Waals surface area contributed by atoms with Gasteiger partial charge in [0.05, 0.1) is 13.2 Å². The lowest BCUT2D eigenvalue weighted by Gasteiger charge is -2.44. The Morgan fingerprint density at radius 1 is 1.19 bits per heavy atom. The SMILES string of the molecule is CN(Cc1ccccc1N1CCOCC1)C(=O)C1CC2CCCC(C1)C2N. The third-order valence-corrected chi connectivity index (χ3v) is 6.89. The lowest BCUT2D eigenvalue weighted by molar-refractivity contribution is -0.137. The predicted molar refractivity (Wildman–Crippen MR) is 107 cm³/mol. The van der Waals surface area contributed by atoms with Gasteiger partial charge in [0.15, 0.2) is 0 Å². The highest BCUT2D eigenvalue weighted by molar-refractivity contribution is 5.79. The van der Waals surface area contributed by atoms with Crippen molar-refractivity contribution in [3.63, 3.8) is 0 Å². The van der Waals surface area contributed by atoms with E-state index >= 15 is 0 Å². The summed E-state index contributed by atoms with van der Waals surface area (Å²) < 4.78 is 5.49. The van der Waals surface area contributed by atoms with E-state index in [1.807, 2.05) is 11.9 Å². The van der Waals surface area contributed by atoms with Crippen LogP contribution in [0.25, 0.3) is 0 Å². The van der Waals surface area contributed by atoms with Crippen molar-refractivity contribution in [1.82, 2.24) is 4.90 Å². The summed E-state index contributed by atoms with van der Waals surface area (Å²) in [7, 11) is 1.96. The zero-order valence-corrected chi connectivity index (χ0v) is 16.5. The molecule has 2 saturated carbocycles. The van der Waals surface area contributed by atoms with E-state index in [2.05, 4.69) is 29.2 Å². The molecule has 4 rings (SSSR count). The van der Waals surface area contributed by atoms with Crippen LogP contribution in [0, 0.1) is 17.8 Å². The Balaban J connectivity index is 1.43. The summed E-state index contributed by atoms with van der Waals surface area (Å²) in [5, 5.41) is 0. The van der Waals surface area contributed by atoms with Crippen LogP contribution in [0.4, 0.5) is 5.69 Å². The van der Waals surface area contributed by atoms with Crippen LogP contribution in [-0.2, 0) is 16.1 Å². The average molecular weight is 372 g/mol. The summed E-state index contributed by atoms with van der Waals surface area (Å²) in [6.07, 6.45) is 5.64. The fourth-order valence-electron chi connectivity index (χ4n) is 5.39. The fourth-order valence-corrected chi connectivity index (χ4v) is 5.39. The molecule has 1 aromatic carbocycles. The van der Waals surface area contributed by atoms with Gasteiger partial charge in [-0.3, -0.25) is 4.79 Å². The summed E-state index contributed by atoms with van der Waals surface area (Å²) in [6, 6.07) is 8.79. The smallest absolute Gasteiger partial charge is 0.225 e. The van der Waals surface area contributed by atoms with Crippen molar-refractivity contribution >= 4 is 11.6 Å². The van der Waals surface area contributed by atoms with Crippen molar-refractivity contribution in [3.05, 3.63) is 29.8 Å². The van der Waals surface area contributed by atoms with Gasteiger partial charge in [0.1, 0.15) is 0 Å². The predicted octanol–water partition coefficient (Wildman–Crippen LogP) is 2.64. The van der Waals surface area contributed by atoms with Crippen molar-refractivity contribution in [3.8, 4) is 0 Å². The average Bonchev–Trinajstić information content (AvgIpc) is 2.68. The van der Waals surface area contributed by atoms with Crippen LogP contribution in [0.15, 0.2) is 24.3 Å². The second-order valence-electron chi connectivity index (χ2n) is 8.62. The molecule has 0 aromatic heterocycles. The van der Waals surface area contributed by atoms with Crippen molar-refractivity contribution in [1.29, 1.82) is 0 Å². The Kier molecular flexibility index (Phi) is 5.69. The van der Waals surface area contributed by atoms with Gasteiger partial charge in [0.2, 0.25) is 5.91 Å². The highest BCUT2D eigenvalue weighted by Crippen LogP contribution is 2.42. The van der Waals surface area contributed by atoms with Gasteiger partial charge in [0.25, 0.3) is 0 Å².